The molecule has 4 aromatic rings. The van der Waals surface area contributed by atoms with E-state index in [1.165, 1.54) is 6.20 Å². The maximum atomic E-state index is 13.9. The molecule has 0 aliphatic rings. The molecule has 0 aliphatic carbocycles. The molecule has 4 heteroatoms. The number of hydrogen-bond donors (Lipinski definition) is 1. The van der Waals surface area contributed by atoms with Crippen LogP contribution in [0.15, 0.2) is 103 Å². The van der Waals surface area contributed by atoms with Gasteiger partial charge in [0, 0.05) is 29.8 Å². The number of aromatic nitrogens is 1. The molecule has 0 radical (unpaired) electrons. The first-order valence-electron chi connectivity index (χ1n) is 9.80. The smallest absolute Gasteiger partial charge is 0.225 e. The number of amides is 1. The largest absolute Gasteiger partial charge is 0.326 e. The van der Waals surface area contributed by atoms with Gasteiger partial charge in [0.15, 0.2) is 0 Å². The maximum Gasteiger partial charge on any atom is 0.225 e. The molecule has 1 N–H and O–H groups in total. The molecule has 3 nitrogen and oxygen atoms in total. The van der Waals surface area contributed by atoms with Crippen molar-refractivity contribution in [2.45, 2.75) is 12.3 Å². The molecule has 0 unspecified atom stereocenters. The van der Waals surface area contributed by atoms with Crippen molar-refractivity contribution in [3.63, 3.8) is 0 Å². The lowest BCUT2D eigenvalue weighted by Gasteiger charge is -2.18. The van der Waals surface area contributed by atoms with Crippen molar-refractivity contribution < 1.29 is 9.18 Å². The van der Waals surface area contributed by atoms with Crippen molar-refractivity contribution in [3.05, 3.63) is 120 Å². The highest BCUT2D eigenvalue weighted by Crippen LogP contribution is 2.29. The van der Waals surface area contributed by atoms with Crippen LogP contribution in [0.1, 0.15) is 23.5 Å². The number of hydrogen-bond acceptors (Lipinski definition) is 2. The molecular formula is C26H21FN2O. The number of nitrogens with one attached hydrogen (secondary N) is 1. The van der Waals surface area contributed by atoms with Crippen LogP contribution in [0.5, 0.6) is 0 Å². The molecule has 3 aromatic carbocycles. The van der Waals surface area contributed by atoms with Gasteiger partial charge in [-0.1, -0.05) is 72.8 Å². The molecule has 0 fully saturated rings. The molecule has 148 valence electrons. The summed E-state index contributed by atoms with van der Waals surface area (Å²) in [5.74, 6) is -0.476. The third kappa shape index (κ3) is 4.61. The summed E-state index contributed by atoms with van der Waals surface area (Å²) in [6.07, 6.45) is 3.08. The molecule has 0 atom stereocenters. The average molecular weight is 396 g/mol. The van der Waals surface area contributed by atoms with Crippen molar-refractivity contribution in [1.29, 1.82) is 0 Å². The summed E-state index contributed by atoms with van der Waals surface area (Å²) in [4.78, 5) is 16.6. The summed E-state index contributed by atoms with van der Waals surface area (Å²) >= 11 is 0. The minimum absolute atomic E-state index is 0.0300. The maximum absolute atomic E-state index is 13.9. The summed E-state index contributed by atoms with van der Waals surface area (Å²) in [5, 5.41) is 2.96. The van der Waals surface area contributed by atoms with Gasteiger partial charge in [0.05, 0.1) is 6.20 Å². The zero-order chi connectivity index (χ0) is 20.8. The second-order valence-corrected chi connectivity index (χ2v) is 7.06. The molecule has 0 bridgehead atoms. The van der Waals surface area contributed by atoms with Crippen molar-refractivity contribution in [3.8, 4) is 11.1 Å². The van der Waals surface area contributed by atoms with Crippen LogP contribution in [-0.4, -0.2) is 10.9 Å². The van der Waals surface area contributed by atoms with Crippen LogP contribution in [0.4, 0.5) is 10.1 Å². The molecular weight excluding hydrogens is 375 g/mol. The van der Waals surface area contributed by atoms with E-state index in [0.29, 0.717) is 17.7 Å². The van der Waals surface area contributed by atoms with E-state index < -0.39 is 0 Å². The number of anilines is 1. The van der Waals surface area contributed by atoms with E-state index in [9.17, 15) is 9.18 Å². The van der Waals surface area contributed by atoms with Gasteiger partial charge in [-0.15, -0.1) is 0 Å². The topological polar surface area (TPSA) is 42.0 Å². The number of carbonyl (C=O) groups is 1. The number of nitrogens with zero attached hydrogens (tertiary/aromatic N) is 1. The lowest BCUT2D eigenvalue weighted by molar-refractivity contribution is -0.116. The highest BCUT2D eigenvalue weighted by molar-refractivity contribution is 5.91. The minimum Gasteiger partial charge on any atom is -0.326 e. The van der Waals surface area contributed by atoms with Crippen molar-refractivity contribution in [2.75, 3.05) is 5.32 Å². The monoisotopic (exact) mass is 396 g/mol. The summed E-state index contributed by atoms with van der Waals surface area (Å²) in [5.41, 5.74) is 4.10. The summed E-state index contributed by atoms with van der Waals surface area (Å²) in [6, 6.07) is 28.9. The molecule has 0 aliphatic heterocycles. The Balaban J connectivity index is 1.49. The zero-order valence-electron chi connectivity index (χ0n) is 16.3. The van der Waals surface area contributed by atoms with Crippen LogP contribution in [-0.2, 0) is 4.79 Å². The van der Waals surface area contributed by atoms with Gasteiger partial charge < -0.3 is 5.32 Å². The third-order valence-electron chi connectivity index (χ3n) is 5.05. The second-order valence-electron chi connectivity index (χ2n) is 7.06. The lowest BCUT2D eigenvalue weighted by atomic mass is 9.88. The molecule has 1 heterocycles. The predicted octanol–water partition coefficient (Wildman–Crippen LogP) is 6.05. The van der Waals surface area contributed by atoms with Gasteiger partial charge in [0.25, 0.3) is 0 Å². The van der Waals surface area contributed by atoms with E-state index in [1.54, 1.807) is 36.5 Å². The first-order valence-corrected chi connectivity index (χ1v) is 9.80. The van der Waals surface area contributed by atoms with Crippen molar-refractivity contribution in [2.24, 2.45) is 0 Å². The first kappa shape index (κ1) is 19.5. The molecule has 0 saturated heterocycles. The normalized spacial score (nSPS) is 10.7. The SMILES string of the molecule is O=C(CC(c1ccccc1)c1ccccc1)Nc1ccc(-c2ccncc2F)cc1. The number of pyridine rings is 1. The lowest BCUT2D eigenvalue weighted by Crippen LogP contribution is -2.16. The van der Waals surface area contributed by atoms with Gasteiger partial charge in [-0.25, -0.2) is 4.39 Å². The molecule has 0 spiro atoms. The summed E-state index contributed by atoms with van der Waals surface area (Å²) in [7, 11) is 0. The van der Waals surface area contributed by atoms with E-state index in [2.05, 4.69) is 10.3 Å². The molecule has 1 aromatic heterocycles. The Morgan fingerprint density at radius 3 is 2.00 bits per heavy atom. The molecule has 4 rings (SSSR count). The summed E-state index contributed by atoms with van der Waals surface area (Å²) in [6.45, 7) is 0. The van der Waals surface area contributed by atoms with E-state index in [1.807, 2.05) is 60.7 Å². The Hall–Kier alpha value is -3.79. The van der Waals surface area contributed by atoms with Crippen LogP contribution >= 0.6 is 0 Å². The van der Waals surface area contributed by atoms with Gasteiger partial charge in [-0.3, -0.25) is 9.78 Å². The van der Waals surface area contributed by atoms with Gasteiger partial charge in [0.2, 0.25) is 5.91 Å². The average Bonchev–Trinajstić information content (AvgIpc) is 2.80. The van der Waals surface area contributed by atoms with Crippen LogP contribution < -0.4 is 5.32 Å². The fourth-order valence-electron chi connectivity index (χ4n) is 3.54. The molecule has 30 heavy (non-hydrogen) atoms. The van der Waals surface area contributed by atoms with Crippen LogP contribution in [0.2, 0.25) is 0 Å². The quantitative estimate of drug-likeness (QED) is 0.431. The number of halogens is 1. The second kappa shape index (κ2) is 9.14. The van der Waals surface area contributed by atoms with Gasteiger partial charge in [-0.05, 0) is 34.9 Å². The van der Waals surface area contributed by atoms with Crippen LogP contribution in [0, 0.1) is 5.82 Å². The standard InChI is InChI=1S/C26H21FN2O/c27-25-18-28-16-15-23(25)21-11-13-22(14-12-21)29-26(30)17-24(19-7-3-1-4-8-19)20-9-5-2-6-10-20/h1-16,18,24H,17H2,(H,29,30). The highest BCUT2D eigenvalue weighted by atomic mass is 19.1. The number of rotatable bonds is 6. The van der Waals surface area contributed by atoms with E-state index >= 15 is 0 Å². The van der Waals surface area contributed by atoms with Crippen molar-refractivity contribution >= 4 is 11.6 Å². The van der Waals surface area contributed by atoms with Crippen molar-refractivity contribution in [1.82, 2.24) is 4.98 Å². The fourth-order valence-corrected chi connectivity index (χ4v) is 3.54. The van der Waals surface area contributed by atoms with E-state index in [-0.39, 0.29) is 17.6 Å². The van der Waals surface area contributed by atoms with Gasteiger partial charge >= 0.3 is 0 Å². The Morgan fingerprint density at radius 1 is 0.833 bits per heavy atom. The summed E-state index contributed by atoms with van der Waals surface area (Å²) < 4.78 is 13.9. The predicted molar refractivity (Wildman–Crippen MR) is 118 cm³/mol. The molecule has 0 saturated carbocycles. The number of benzene rings is 3. The Kier molecular flexibility index (Phi) is 5.95. The highest BCUT2D eigenvalue weighted by Gasteiger charge is 2.18. The number of carbonyl (C=O) groups excluding carboxylic acids is 1. The Bertz CT molecular complexity index is 1070. The Labute approximate surface area is 175 Å². The molecule has 1 amide bonds. The van der Waals surface area contributed by atoms with Crippen LogP contribution in [0.3, 0.4) is 0 Å². The van der Waals surface area contributed by atoms with E-state index in [4.69, 9.17) is 0 Å². The minimum atomic E-state index is -0.372. The fraction of sp³-hybridized carbons (Fsp3) is 0.0769. The van der Waals surface area contributed by atoms with Gasteiger partial charge in [-0.2, -0.15) is 0 Å². The van der Waals surface area contributed by atoms with Gasteiger partial charge in [0.1, 0.15) is 5.82 Å². The third-order valence-corrected chi connectivity index (χ3v) is 5.05. The van der Waals surface area contributed by atoms with Crippen LogP contribution in [0.25, 0.3) is 11.1 Å². The van der Waals surface area contributed by atoms with E-state index in [0.717, 1.165) is 16.7 Å². The Morgan fingerprint density at radius 2 is 1.43 bits per heavy atom. The zero-order valence-corrected chi connectivity index (χ0v) is 16.3. The first-order chi connectivity index (χ1) is 14.7.